The van der Waals surface area contributed by atoms with E-state index in [2.05, 4.69) is 10.3 Å². The molecule has 96 valence electrons. The zero-order valence-electron chi connectivity index (χ0n) is 10.1. The van der Waals surface area contributed by atoms with E-state index in [1.807, 2.05) is 36.6 Å². The number of anilines is 1. The number of aliphatic hydroxyl groups excluding tert-OH is 1. The van der Waals surface area contributed by atoms with Gasteiger partial charge in [-0.3, -0.25) is 0 Å². The summed E-state index contributed by atoms with van der Waals surface area (Å²) in [7, 11) is 0. The van der Waals surface area contributed by atoms with Gasteiger partial charge in [0.1, 0.15) is 0 Å². The fourth-order valence-corrected chi connectivity index (χ4v) is 2.31. The molecule has 0 aliphatic heterocycles. The zero-order chi connectivity index (χ0) is 13.0. The number of aryl methyl sites for hydroxylation is 1. The van der Waals surface area contributed by atoms with Crippen LogP contribution in [0, 0.1) is 6.92 Å². The molecule has 2 aromatic rings. The summed E-state index contributed by atoms with van der Waals surface area (Å²) in [5, 5.41) is 15.7. The molecule has 1 unspecified atom stereocenters. The van der Waals surface area contributed by atoms with Gasteiger partial charge in [0.15, 0.2) is 0 Å². The van der Waals surface area contributed by atoms with Gasteiger partial charge >= 0.3 is 0 Å². The number of hydrogen-bond acceptors (Lipinski definition) is 4. The Morgan fingerprint density at radius 1 is 1.50 bits per heavy atom. The van der Waals surface area contributed by atoms with Crippen molar-refractivity contribution in [2.24, 2.45) is 0 Å². The maximum Gasteiger partial charge on any atom is 0.0901 e. The Balaban J connectivity index is 2.10. The number of hydrogen-bond donors (Lipinski definition) is 2. The largest absolute Gasteiger partial charge is 0.390 e. The van der Waals surface area contributed by atoms with Gasteiger partial charge in [0.25, 0.3) is 0 Å². The normalized spacial score (nSPS) is 12.4. The number of alkyl halides is 1. The number of halogens is 1. The lowest BCUT2D eigenvalue weighted by Crippen LogP contribution is -2.20. The van der Waals surface area contributed by atoms with Crippen LogP contribution in [0.2, 0.25) is 0 Å². The summed E-state index contributed by atoms with van der Waals surface area (Å²) in [5.74, 6) is 0.234. The first-order chi connectivity index (χ1) is 8.69. The molecule has 0 spiro atoms. The average Bonchev–Trinajstić information content (AvgIpc) is 2.83. The summed E-state index contributed by atoms with van der Waals surface area (Å²) in [6.07, 6.45) is -0.531. The highest BCUT2D eigenvalue weighted by Gasteiger charge is 2.04. The van der Waals surface area contributed by atoms with Crippen molar-refractivity contribution in [2.45, 2.75) is 13.0 Å². The molecule has 18 heavy (non-hydrogen) atoms. The van der Waals surface area contributed by atoms with Crippen LogP contribution >= 0.6 is 22.9 Å². The van der Waals surface area contributed by atoms with Gasteiger partial charge in [-0.25, -0.2) is 4.98 Å². The van der Waals surface area contributed by atoms with Gasteiger partial charge in [-0.1, -0.05) is 12.1 Å². The van der Waals surface area contributed by atoms with E-state index in [1.165, 1.54) is 0 Å². The van der Waals surface area contributed by atoms with Crippen LogP contribution in [0.1, 0.15) is 5.01 Å². The second kappa shape index (κ2) is 6.18. The van der Waals surface area contributed by atoms with Crippen LogP contribution in [0.3, 0.4) is 0 Å². The number of nitrogens with zero attached hydrogens (tertiary/aromatic N) is 1. The van der Waals surface area contributed by atoms with Crippen LogP contribution in [-0.2, 0) is 0 Å². The van der Waals surface area contributed by atoms with Gasteiger partial charge in [-0.15, -0.1) is 22.9 Å². The molecule has 0 aliphatic rings. The van der Waals surface area contributed by atoms with E-state index >= 15 is 0 Å². The predicted octanol–water partition coefficient (Wildman–Crippen LogP) is 3.13. The van der Waals surface area contributed by atoms with Crippen molar-refractivity contribution in [1.29, 1.82) is 0 Å². The number of benzene rings is 1. The summed E-state index contributed by atoms with van der Waals surface area (Å²) in [4.78, 5) is 4.45. The Morgan fingerprint density at radius 2 is 2.33 bits per heavy atom. The molecule has 2 N–H and O–H groups in total. The monoisotopic (exact) mass is 282 g/mol. The number of aliphatic hydroxyl groups is 1. The zero-order valence-corrected chi connectivity index (χ0v) is 11.6. The van der Waals surface area contributed by atoms with E-state index in [0.29, 0.717) is 6.54 Å². The third-order valence-corrected chi connectivity index (χ3v) is 3.63. The van der Waals surface area contributed by atoms with E-state index in [0.717, 1.165) is 22.0 Å². The third kappa shape index (κ3) is 3.45. The minimum Gasteiger partial charge on any atom is -0.390 e. The van der Waals surface area contributed by atoms with Crippen LogP contribution in [0.15, 0.2) is 29.6 Å². The fraction of sp³-hybridized carbons (Fsp3) is 0.308. The molecule has 1 heterocycles. The second-order valence-corrected chi connectivity index (χ2v) is 5.39. The Kier molecular flexibility index (Phi) is 4.58. The lowest BCUT2D eigenvalue weighted by molar-refractivity contribution is 0.211. The molecule has 0 radical (unpaired) electrons. The highest BCUT2D eigenvalue weighted by atomic mass is 35.5. The minimum atomic E-state index is -0.531. The molecule has 1 atom stereocenters. The van der Waals surface area contributed by atoms with Crippen molar-refractivity contribution in [3.05, 3.63) is 34.7 Å². The number of nitrogens with one attached hydrogen (secondary N) is 1. The van der Waals surface area contributed by atoms with Crippen LogP contribution in [0.4, 0.5) is 5.69 Å². The van der Waals surface area contributed by atoms with E-state index in [1.54, 1.807) is 11.3 Å². The fourth-order valence-electron chi connectivity index (χ4n) is 1.57. The molecule has 5 heteroatoms. The lowest BCUT2D eigenvalue weighted by Gasteiger charge is -2.10. The van der Waals surface area contributed by atoms with Gasteiger partial charge in [-0.2, -0.15) is 0 Å². The molecule has 0 aliphatic carbocycles. The van der Waals surface area contributed by atoms with Crippen molar-refractivity contribution in [3.63, 3.8) is 0 Å². The minimum absolute atomic E-state index is 0.234. The average molecular weight is 283 g/mol. The second-order valence-electron chi connectivity index (χ2n) is 4.02. The Labute approximate surface area is 115 Å². The van der Waals surface area contributed by atoms with Gasteiger partial charge < -0.3 is 10.4 Å². The van der Waals surface area contributed by atoms with E-state index < -0.39 is 6.10 Å². The molecule has 1 aromatic carbocycles. The molecule has 2 rings (SSSR count). The smallest absolute Gasteiger partial charge is 0.0901 e. The van der Waals surface area contributed by atoms with Gasteiger partial charge in [0, 0.05) is 23.2 Å². The van der Waals surface area contributed by atoms with Crippen molar-refractivity contribution in [3.8, 4) is 11.3 Å². The molecule has 0 amide bonds. The van der Waals surface area contributed by atoms with E-state index in [4.69, 9.17) is 11.6 Å². The van der Waals surface area contributed by atoms with Crippen molar-refractivity contribution >= 4 is 28.6 Å². The molecule has 0 bridgehead atoms. The highest BCUT2D eigenvalue weighted by molar-refractivity contribution is 7.09. The van der Waals surface area contributed by atoms with Crippen molar-refractivity contribution in [2.75, 3.05) is 17.7 Å². The molecule has 0 fully saturated rings. The summed E-state index contributed by atoms with van der Waals surface area (Å²) in [6.45, 7) is 2.44. The summed E-state index contributed by atoms with van der Waals surface area (Å²) >= 11 is 7.19. The number of rotatable bonds is 5. The first-order valence-electron chi connectivity index (χ1n) is 5.69. The maximum absolute atomic E-state index is 9.40. The van der Waals surface area contributed by atoms with Gasteiger partial charge in [0.05, 0.1) is 22.7 Å². The first kappa shape index (κ1) is 13.3. The van der Waals surface area contributed by atoms with Crippen LogP contribution in [-0.4, -0.2) is 28.6 Å². The molecule has 1 aromatic heterocycles. The first-order valence-corrected chi connectivity index (χ1v) is 7.11. The predicted molar refractivity (Wildman–Crippen MR) is 77.5 cm³/mol. The molecule has 0 saturated heterocycles. The van der Waals surface area contributed by atoms with Crippen LogP contribution in [0.5, 0.6) is 0 Å². The highest BCUT2D eigenvalue weighted by Crippen LogP contribution is 2.24. The Morgan fingerprint density at radius 3 is 3.00 bits per heavy atom. The number of aromatic nitrogens is 1. The molecular weight excluding hydrogens is 268 g/mol. The quantitative estimate of drug-likeness (QED) is 0.828. The summed E-state index contributed by atoms with van der Waals surface area (Å²) in [5.41, 5.74) is 3.02. The number of thiazole rings is 1. The van der Waals surface area contributed by atoms with Crippen LogP contribution in [0.25, 0.3) is 11.3 Å². The lowest BCUT2D eigenvalue weighted by atomic mass is 10.1. The summed E-state index contributed by atoms with van der Waals surface area (Å²) in [6, 6.07) is 7.98. The van der Waals surface area contributed by atoms with Gasteiger partial charge in [0.2, 0.25) is 0 Å². The third-order valence-electron chi connectivity index (χ3n) is 2.50. The van der Waals surface area contributed by atoms with E-state index in [-0.39, 0.29) is 5.88 Å². The summed E-state index contributed by atoms with van der Waals surface area (Å²) < 4.78 is 0. The van der Waals surface area contributed by atoms with Crippen LogP contribution < -0.4 is 5.32 Å². The molecule has 3 nitrogen and oxygen atoms in total. The molecule has 0 saturated carbocycles. The van der Waals surface area contributed by atoms with Gasteiger partial charge in [-0.05, 0) is 19.1 Å². The van der Waals surface area contributed by atoms with E-state index in [9.17, 15) is 5.11 Å². The molecular formula is C13H15ClN2OS. The maximum atomic E-state index is 9.40. The standard InChI is InChI=1S/C13H15ClN2OS/c1-9-16-13(8-18-9)10-3-2-4-11(5-10)15-7-12(17)6-14/h2-5,8,12,15,17H,6-7H2,1H3. The SMILES string of the molecule is Cc1nc(-c2cccc(NCC(O)CCl)c2)cs1. The topological polar surface area (TPSA) is 45.2 Å². The Hall–Kier alpha value is -1.10. The van der Waals surface area contributed by atoms with Crippen molar-refractivity contribution in [1.82, 2.24) is 4.98 Å². The Bertz CT molecular complexity index is 515. The van der Waals surface area contributed by atoms with Crippen molar-refractivity contribution < 1.29 is 5.11 Å².